The van der Waals surface area contributed by atoms with Crippen molar-refractivity contribution in [2.45, 2.75) is 39.5 Å². The lowest BCUT2D eigenvalue weighted by molar-refractivity contribution is -0.128. The maximum Gasteiger partial charge on any atom is 0.243 e. The van der Waals surface area contributed by atoms with Crippen LogP contribution >= 0.6 is 0 Å². The predicted molar refractivity (Wildman–Crippen MR) is 71.8 cm³/mol. The lowest BCUT2D eigenvalue weighted by atomic mass is 9.79. The number of aliphatic imine (C=N–C) groups is 1. The van der Waals surface area contributed by atoms with Crippen molar-refractivity contribution >= 4 is 24.1 Å². The maximum atomic E-state index is 11.8. The van der Waals surface area contributed by atoms with Gasteiger partial charge in [-0.15, -0.1) is 0 Å². The van der Waals surface area contributed by atoms with Crippen molar-refractivity contribution in [2.24, 2.45) is 21.9 Å². The number of nitrogens with zero attached hydrogens (tertiary/aromatic N) is 2. The number of carbonyl (C=O) groups excluding carboxylic acids is 2. The normalized spacial score (nSPS) is 24.6. The van der Waals surface area contributed by atoms with Gasteiger partial charge in [-0.05, 0) is 45.7 Å². The molecular weight excluding hydrogens is 230 g/mol. The van der Waals surface area contributed by atoms with Gasteiger partial charge >= 0.3 is 0 Å². The van der Waals surface area contributed by atoms with Crippen molar-refractivity contribution < 1.29 is 9.59 Å². The summed E-state index contributed by atoms with van der Waals surface area (Å²) in [5.74, 6) is 0.226. The van der Waals surface area contributed by atoms with Gasteiger partial charge in [0.2, 0.25) is 5.91 Å². The smallest absolute Gasteiger partial charge is 0.243 e. The first kappa shape index (κ1) is 14.5. The number of rotatable bonds is 5. The summed E-state index contributed by atoms with van der Waals surface area (Å²) < 4.78 is 0. The minimum atomic E-state index is -0.0365. The van der Waals surface area contributed by atoms with Crippen molar-refractivity contribution in [3.05, 3.63) is 0 Å². The molecule has 0 radical (unpaired) electrons. The molecule has 0 bridgehead atoms. The monoisotopic (exact) mass is 251 g/mol. The van der Waals surface area contributed by atoms with Crippen molar-refractivity contribution in [1.82, 2.24) is 5.43 Å². The zero-order valence-corrected chi connectivity index (χ0v) is 11.1. The molecule has 0 aromatic carbocycles. The van der Waals surface area contributed by atoms with Gasteiger partial charge in [-0.2, -0.15) is 5.10 Å². The highest BCUT2D eigenvalue weighted by atomic mass is 16.2. The fourth-order valence-electron chi connectivity index (χ4n) is 2.21. The van der Waals surface area contributed by atoms with Crippen LogP contribution in [0.15, 0.2) is 10.1 Å². The quantitative estimate of drug-likeness (QED) is 0.595. The number of nitrogens with one attached hydrogen (secondary N) is 1. The Morgan fingerprint density at radius 1 is 1.11 bits per heavy atom. The number of Topliss-reactive ketones (excluding diaryl/α,β-unsaturated/α-hetero) is 1. The van der Waals surface area contributed by atoms with Gasteiger partial charge in [-0.25, -0.2) is 5.43 Å². The Morgan fingerprint density at radius 2 is 1.72 bits per heavy atom. The first-order chi connectivity index (χ1) is 8.69. The molecule has 5 nitrogen and oxygen atoms in total. The van der Waals surface area contributed by atoms with E-state index in [1.54, 1.807) is 19.4 Å². The molecule has 1 aliphatic carbocycles. The van der Waals surface area contributed by atoms with E-state index < -0.39 is 0 Å². The first-order valence-corrected chi connectivity index (χ1v) is 6.43. The van der Waals surface area contributed by atoms with E-state index in [0.717, 1.165) is 25.7 Å². The molecule has 0 spiro atoms. The van der Waals surface area contributed by atoms with Gasteiger partial charge in [0.15, 0.2) is 5.78 Å². The Morgan fingerprint density at radius 3 is 2.28 bits per heavy atom. The molecule has 0 atom stereocenters. The van der Waals surface area contributed by atoms with E-state index >= 15 is 0 Å². The molecule has 1 N–H and O–H groups in total. The minimum Gasteiger partial charge on any atom is -0.297 e. The number of hydrogen-bond acceptors (Lipinski definition) is 4. The molecule has 1 aliphatic rings. The van der Waals surface area contributed by atoms with E-state index in [-0.39, 0.29) is 30.1 Å². The lowest BCUT2D eigenvalue weighted by Crippen LogP contribution is -2.32. The van der Waals surface area contributed by atoms with E-state index in [2.05, 4.69) is 15.5 Å². The average molecular weight is 251 g/mol. The van der Waals surface area contributed by atoms with Crippen LogP contribution in [0.3, 0.4) is 0 Å². The molecule has 0 heterocycles. The summed E-state index contributed by atoms with van der Waals surface area (Å²) >= 11 is 0. The molecule has 0 aliphatic heterocycles. The Hall–Kier alpha value is -1.52. The standard InChI is InChI=1S/C13H21N3O2/c1-3-14-9-12(17)10-5-7-11(8-6-10)13(18)16-15-4-2/h3-4,10-11H,5-9H2,1-2H3,(H,16,18)/b14-3?,15-4-. The molecule has 0 saturated heterocycles. The summed E-state index contributed by atoms with van der Waals surface area (Å²) in [6.07, 6.45) is 6.29. The molecule has 1 rings (SSSR count). The van der Waals surface area contributed by atoms with Crippen molar-refractivity contribution in [3.63, 3.8) is 0 Å². The number of carbonyl (C=O) groups is 2. The van der Waals surface area contributed by atoms with Crippen LogP contribution in [0.5, 0.6) is 0 Å². The highest BCUT2D eigenvalue weighted by molar-refractivity contribution is 5.85. The van der Waals surface area contributed by atoms with Crippen LogP contribution in [0.25, 0.3) is 0 Å². The number of hydrazone groups is 1. The van der Waals surface area contributed by atoms with Crippen LogP contribution in [-0.2, 0) is 9.59 Å². The average Bonchev–Trinajstić information content (AvgIpc) is 2.42. The van der Waals surface area contributed by atoms with E-state index in [1.165, 1.54) is 0 Å². The van der Waals surface area contributed by atoms with Crippen LogP contribution in [0, 0.1) is 11.8 Å². The maximum absolute atomic E-state index is 11.8. The van der Waals surface area contributed by atoms with Crippen LogP contribution in [0.4, 0.5) is 0 Å². The highest BCUT2D eigenvalue weighted by Crippen LogP contribution is 2.29. The Kier molecular flexibility index (Phi) is 6.25. The van der Waals surface area contributed by atoms with Crippen LogP contribution in [0.2, 0.25) is 0 Å². The molecule has 0 aromatic heterocycles. The summed E-state index contributed by atoms with van der Waals surface area (Å²) in [4.78, 5) is 27.4. The lowest BCUT2D eigenvalue weighted by Gasteiger charge is -2.25. The summed E-state index contributed by atoms with van der Waals surface area (Å²) in [5.41, 5.74) is 2.50. The molecule has 1 amide bonds. The Labute approximate surface area is 108 Å². The van der Waals surface area contributed by atoms with Crippen molar-refractivity contribution in [1.29, 1.82) is 0 Å². The van der Waals surface area contributed by atoms with Gasteiger partial charge < -0.3 is 0 Å². The van der Waals surface area contributed by atoms with Gasteiger partial charge in [0.05, 0.1) is 6.54 Å². The SMILES string of the molecule is CC=NCC(=O)C1CCC(C(=O)N/N=C\C)CC1. The van der Waals surface area contributed by atoms with Gasteiger partial charge in [0, 0.05) is 18.1 Å². The second kappa shape index (κ2) is 7.74. The van der Waals surface area contributed by atoms with Gasteiger partial charge in [0.1, 0.15) is 0 Å². The van der Waals surface area contributed by atoms with E-state index in [1.807, 2.05) is 6.92 Å². The molecule has 100 valence electrons. The number of hydrogen-bond donors (Lipinski definition) is 1. The van der Waals surface area contributed by atoms with Crippen LogP contribution in [-0.4, -0.2) is 30.7 Å². The van der Waals surface area contributed by atoms with Crippen molar-refractivity contribution in [3.8, 4) is 0 Å². The molecule has 5 heteroatoms. The molecular formula is C13H21N3O2. The summed E-state index contributed by atoms with van der Waals surface area (Å²) in [5, 5.41) is 3.73. The Balaban J connectivity index is 2.36. The molecule has 0 unspecified atom stereocenters. The zero-order chi connectivity index (χ0) is 13.4. The summed E-state index contributed by atoms with van der Waals surface area (Å²) in [6.45, 7) is 3.84. The van der Waals surface area contributed by atoms with Gasteiger partial charge in [-0.1, -0.05) is 0 Å². The summed E-state index contributed by atoms with van der Waals surface area (Å²) in [6, 6.07) is 0. The third-order valence-corrected chi connectivity index (χ3v) is 3.29. The zero-order valence-electron chi connectivity index (χ0n) is 11.1. The van der Waals surface area contributed by atoms with E-state index in [4.69, 9.17) is 0 Å². The fraction of sp³-hybridized carbons (Fsp3) is 0.692. The molecule has 0 aromatic rings. The number of amides is 1. The van der Waals surface area contributed by atoms with Gasteiger partial charge in [-0.3, -0.25) is 14.6 Å². The fourth-order valence-corrected chi connectivity index (χ4v) is 2.21. The van der Waals surface area contributed by atoms with Crippen LogP contribution in [0.1, 0.15) is 39.5 Å². The number of ketones is 1. The predicted octanol–water partition coefficient (Wildman–Crippen LogP) is 1.57. The molecule has 18 heavy (non-hydrogen) atoms. The van der Waals surface area contributed by atoms with Crippen molar-refractivity contribution in [2.75, 3.05) is 6.54 Å². The van der Waals surface area contributed by atoms with E-state index in [0.29, 0.717) is 0 Å². The second-order valence-corrected chi connectivity index (χ2v) is 4.48. The second-order valence-electron chi connectivity index (χ2n) is 4.48. The first-order valence-electron chi connectivity index (χ1n) is 6.43. The minimum absolute atomic E-state index is 0.00701. The third-order valence-electron chi connectivity index (χ3n) is 3.29. The molecule has 1 saturated carbocycles. The van der Waals surface area contributed by atoms with Crippen LogP contribution < -0.4 is 5.43 Å². The third kappa shape index (κ3) is 4.39. The highest BCUT2D eigenvalue weighted by Gasteiger charge is 2.29. The summed E-state index contributed by atoms with van der Waals surface area (Å²) in [7, 11) is 0. The topological polar surface area (TPSA) is 70.9 Å². The Bertz CT molecular complexity index is 308. The van der Waals surface area contributed by atoms with Gasteiger partial charge in [0.25, 0.3) is 0 Å². The van der Waals surface area contributed by atoms with E-state index in [9.17, 15) is 9.59 Å². The molecule has 1 fully saturated rings. The largest absolute Gasteiger partial charge is 0.297 e.